The molecule has 0 radical (unpaired) electrons. The van der Waals surface area contributed by atoms with Crippen molar-refractivity contribution in [3.8, 4) is 11.5 Å². The highest BCUT2D eigenvalue weighted by atomic mass is 16.7. The zero-order valence-electron chi connectivity index (χ0n) is 15.5. The second-order valence-corrected chi connectivity index (χ2v) is 6.29. The van der Waals surface area contributed by atoms with Gasteiger partial charge in [0.2, 0.25) is 0 Å². The van der Waals surface area contributed by atoms with Gasteiger partial charge >= 0.3 is 0 Å². The van der Waals surface area contributed by atoms with Crippen LogP contribution in [-0.2, 0) is 15.3 Å². The summed E-state index contributed by atoms with van der Waals surface area (Å²) in [5, 5.41) is 20.3. The van der Waals surface area contributed by atoms with Crippen LogP contribution in [0.15, 0.2) is 18.2 Å². The number of para-hydroxylation sites is 1. The fraction of sp³-hybridized carbons (Fsp3) is 0.700. The third-order valence-electron chi connectivity index (χ3n) is 4.11. The maximum absolute atomic E-state index is 10.4. The zero-order valence-corrected chi connectivity index (χ0v) is 15.5. The van der Waals surface area contributed by atoms with Gasteiger partial charge in [0.05, 0.1) is 18.8 Å². The Morgan fingerprint density at radius 1 is 0.833 bits per heavy atom. The lowest BCUT2D eigenvalue weighted by molar-refractivity contribution is -0.252. The smallest absolute Gasteiger partial charge is 0.198 e. The lowest BCUT2D eigenvalue weighted by atomic mass is 9.96. The molecule has 0 saturated heterocycles. The fourth-order valence-electron chi connectivity index (χ4n) is 2.81. The van der Waals surface area contributed by atoms with Crippen LogP contribution in [0.4, 0.5) is 0 Å². The number of hydrogen-bond acceptors (Lipinski definition) is 4. The molecule has 0 unspecified atom stereocenters. The highest BCUT2D eigenvalue weighted by Gasteiger charge is 2.37. The Kier molecular flexibility index (Phi) is 9.80. The maximum atomic E-state index is 10.4. The Bertz CT molecular complexity index is 451. The normalized spacial score (nSPS) is 11.8. The van der Waals surface area contributed by atoms with E-state index in [0.717, 1.165) is 25.7 Å². The number of ether oxygens (including phenoxy) is 2. The lowest BCUT2D eigenvalue weighted by Gasteiger charge is -2.35. The molecule has 0 amide bonds. The van der Waals surface area contributed by atoms with Crippen LogP contribution in [0.1, 0.15) is 77.7 Å². The minimum atomic E-state index is -0.985. The van der Waals surface area contributed by atoms with E-state index in [0.29, 0.717) is 25.2 Å². The minimum Gasteiger partial charge on any atom is -0.504 e. The summed E-state index contributed by atoms with van der Waals surface area (Å²) >= 11 is 0. The highest BCUT2D eigenvalue weighted by Crippen LogP contribution is 2.42. The number of aromatic hydroxyl groups is 2. The molecule has 24 heavy (non-hydrogen) atoms. The summed E-state index contributed by atoms with van der Waals surface area (Å²) in [5.41, 5.74) is 0.528. The van der Waals surface area contributed by atoms with Crippen molar-refractivity contribution in [2.75, 3.05) is 13.2 Å². The zero-order chi connectivity index (χ0) is 17.8. The molecule has 2 N–H and O–H groups in total. The maximum Gasteiger partial charge on any atom is 0.198 e. The Morgan fingerprint density at radius 3 is 2.04 bits per heavy atom. The van der Waals surface area contributed by atoms with Crippen LogP contribution < -0.4 is 0 Å². The molecule has 0 atom stereocenters. The summed E-state index contributed by atoms with van der Waals surface area (Å²) in [6.07, 6.45) is 8.11. The second-order valence-electron chi connectivity index (χ2n) is 6.29. The van der Waals surface area contributed by atoms with Gasteiger partial charge in [0.1, 0.15) is 0 Å². The van der Waals surface area contributed by atoms with Crippen molar-refractivity contribution in [2.45, 2.75) is 77.9 Å². The number of rotatable bonds is 13. The summed E-state index contributed by atoms with van der Waals surface area (Å²) in [4.78, 5) is 0. The molecule has 4 nitrogen and oxygen atoms in total. The molecule has 4 heteroatoms. The lowest BCUT2D eigenvalue weighted by Crippen LogP contribution is -2.34. The van der Waals surface area contributed by atoms with Gasteiger partial charge in [0.25, 0.3) is 0 Å². The van der Waals surface area contributed by atoms with Crippen molar-refractivity contribution < 1.29 is 19.7 Å². The van der Waals surface area contributed by atoms with Crippen molar-refractivity contribution in [3.63, 3.8) is 0 Å². The molecule has 0 aliphatic heterocycles. The summed E-state index contributed by atoms with van der Waals surface area (Å²) in [7, 11) is 0. The third-order valence-corrected chi connectivity index (χ3v) is 4.11. The van der Waals surface area contributed by atoms with E-state index in [4.69, 9.17) is 9.47 Å². The standard InChI is InChI=1S/C20H34O4/c1-4-7-8-9-10-14-20(23-15-5-2,24-16-6-3)17-12-11-13-18(21)19(17)22/h11-13,21-22H,4-10,14-16H2,1-3H3. The average Bonchev–Trinajstić information content (AvgIpc) is 2.59. The van der Waals surface area contributed by atoms with Gasteiger partial charge in [-0.15, -0.1) is 0 Å². The van der Waals surface area contributed by atoms with Crippen LogP contribution in [0, 0.1) is 0 Å². The molecule has 138 valence electrons. The van der Waals surface area contributed by atoms with Crippen LogP contribution in [0.2, 0.25) is 0 Å². The summed E-state index contributed by atoms with van der Waals surface area (Å²) in [6.45, 7) is 7.40. The third kappa shape index (κ3) is 5.99. The van der Waals surface area contributed by atoms with Gasteiger partial charge in [-0.25, -0.2) is 0 Å². The Balaban J connectivity index is 3.02. The fourth-order valence-corrected chi connectivity index (χ4v) is 2.81. The molecule has 0 aliphatic rings. The van der Waals surface area contributed by atoms with Gasteiger partial charge in [-0.05, 0) is 31.4 Å². The predicted molar refractivity (Wildman–Crippen MR) is 97.3 cm³/mol. The Labute approximate surface area is 146 Å². The van der Waals surface area contributed by atoms with Crippen LogP contribution in [0.5, 0.6) is 11.5 Å². The predicted octanol–water partition coefficient (Wildman–Crippen LogP) is 5.46. The number of unbranched alkanes of at least 4 members (excludes halogenated alkanes) is 4. The topological polar surface area (TPSA) is 58.9 Å². The molecule has 0 saturated carbocycles. The quantitative estimate of drug-likeness (QED) is 0.285. The van der Waals surface area contributed by atoms with Gasteiger partial charge in [-0.2, -0.15) is 0 Å². The van der Waals surface area contributed by atoms with E-state index in [-0.39, 0.29) is 11.5 Å². The van der Waals surface area contributed by atoms with E-state index < -0.39 is 5.79 Å². The summed E-state index contributed by atoms with van der Waals surface area (Å²) in [5.74, 6) is -1.26. The van der Waals surface area contributed by atoms with Crippen molar-refractivity contribution in [1.29, 1.82) is 0 Å². The molecule has 1 rings (SSSR count). The molecule has 0 fully saturated rings. The number of phenolic OH excluding ortho intramolecular Hbond substituents is 2. The number of benzene rings is 1. The Hall–Kier alpha value is -1.26. The minimum absolute atomic E-state index is 0.136. The monoisotopic (exact) mass is 338 g/mol. The largest absolute Gasteiger partial charge is 0.504 e. The van der Waals surface area contributed by atoms with E-state index in [1.807, 2.05) is 13.8 Å². The van der Waals surface area contributed by atoms with Gasteiger partial charge in [0, 0.05) is 6.42 Å². The van der Waals surface area contributed by atoms with Gasteiger partial charge in [-0.1, -0.05) is 52.5 Å². The van der Waals surface area contributed by atoms with Gasteiger partial charge in [0.15, 0.2) is 17.3 Å². The molecule has 0 spiro atoms. The first-order valence-corrected chi connectivity index (χ1v) is 9.40. The first-order chi connectivity index (χ1) is 11.6. The molecule has 0 aliphatic carbocycles. The van der Waals surface area contributed by atoms with E-state index in [1.165, 1.54) is 25.3 Å². The van der Waals surface area contributed by atoms with Crippen LogP contribution in [0.3, 0.4) is 0 Å². The number of hydrogen-bond donors (Lipinski definition) is 2. The molecular weight excluding hydrogens is 304 g/mol. The number of phenols is 2. The van der Waals surface area contributed by atoms with Crippen molar-refractivity contribution in [3.05, 3.63) is 23.8 Å². The summed E-state index contributed by atoms with van der Waals surface area (Å²) < 4.78 is 12.2. The molecule has 1 aromatic carbocycles. The first-order valence-electron chi connectivity index (χ1n) is 9.40. The molecule has 0 bridgehead atoms. The Morgan fingerprint density at radius 2 is 1.46 bits per heavy atom. The summed E-state index contributed by atoms with van der Waals surface area (Å²) in [6, 6.07) is 4.98. The molecular formula is C20H34O4. The second kappa shape index (κ2) is 11.3. The van der Waals surface area contributed by atoms with Crippen molar-refractivity contribution >= 4 is 0 Å². The van der Waals surface area contributed by atoms with E-state index in [1.54, 1.807) is 12.1 Å². The van der Waals surface area contributed by atoms with Crippen molar-refractivity contribution in [1.82, 2.24) is 0 Å². The SMILES string of the molecule is CCCCCCCC(OCCC)(OCCC)c1cccc(O)c1O. The van der Waals surface area contributed by atoms with Crippen LogP contribution in [0.25, 0.3) is 0 Å². The molecule has 0 aromatic heterocycles. The van der Waals surface area contributed by atoms with Gasteiger partial charge in [-0.3, -0.25) is 0 Å². The van der Waals surface area contributed by atoms with Gasteiger partial charge < -0.3 is 19.7 Å². The molecule has 1 aromatic rings. The molecule has 0 heterocycles. The van der Waals surface area contributed by atoms with E-state index >= 15 is 0 Å². The van der Waals surface area contributed by atoms with Crippen LogP contribution in [-0.4, -0.2) is 23.4 Å². The first kappa shape index (κ1) is 20.8. The van der Waals surface area contributed by atoms with E-state index in [2.05, 4.69) is 6.92 Å². The highest BCUT2D eigenvalue weighted by molar-refractivity contribution is 5.46. The van der Waals surface area contributed by atoms with Crippen molar-refractivity contribution in [2.24, 2.45) is 0 Å². The average molecular weight is 338 g/mol. The van der Waals surface area contributed by atoms with E-state index in [9.17, 15) is 10.2 Å². The van der Waals surface area contributed by atoms with Crippen LogP contribution >= 0.6 is 0 Å².